The van der Waals surface area contributed by atoms with Crippen molar-refractivity contribution in [1.29, 1.82) is 0 Å². The average Bonchev–Trinajstić information content (AvgIpc) is 2.89. The number of benzene rings is 1. The highest BCUT2D eigenvalue weighted by molar-refractivity contribution is 7.07. The van der Waals surface area contributed by atoms with Gasteiger partial charge in [0.2, 0.25) is 0 Å². The molecule has 1 heterocycles. The first kappa shape index (κ1) is 14.5. The number of nitrogens with two attached hydrogens (primary N) is 1. The van der Waals surface area contributed by atoms with Crippen molar-refractivity contribution in [2.75, 3.05) is 7.05 Å². The molecule has 1 aromatic heterocycles. The summed E-state index contributed by atoms with van der Waals surface area (Å²) < 4.78 is 13.5. The summed E-state index contributed by atoms with van der Waals surface area (Å²) in [6, 6.07) is 6.49. The number of thiophene rings is 1. The molecule has 0 aliphatic rings. The largest absolute Gasteiger partial charge is 0.409 e. The van der Waals surface area contributed by atoms with Crippen LogP contribution >= 0.6 is 11.3 Å². The Morgan fingerprint density at radius 3 is 2.75 bits per heavy atom. The van der Waals surface area contributed by atoms with Crippen molar-refractivity contribution < 1.29 is 9.60 Å². The molecule has 106 valence electrons. The predicted octanol–water partition coefficient (Wildman–Crippen LogP) is 2.61. The van der Waals surface area contributed by atoms with Crippen molar-refractivity contribution >= 4 is 17.2 Å². The number of oxime groups is 1. The molecule has 0 amide bonds. The highest BCUT2D eigenvalue weighted by Gasteiger charge is 2.07. The maximum atomic E-state index is 13.5. The van der Waals surface area contributed by atoms with E-state index >= 15 is 0 Å². The van der Waals surface area contributed by atoms with Crippen molar-refractivity contribution in [1.82, 2.24) is 4.90 Å². The van der Waals surface area contributed by atoms with E-state index in [0.717, 1.165) is 12.1 Å². The first-order valence-electron chi connectivity index (χ1n) is 6.05. The standard InChI is InChI=1S/C14H16FN3OS/c1-18(7-10-2-3-20-9-10)8-11-4-12(14(16)17-19)6-13(15)5-11/h2-6,9,19H,7-8H2,1H3,(H2,16,17). The molecule has 0 saturated carbocycles. The minimum Gasteiger partial charge on any atom is -0.409 e. The molecule has 2 rings (SSSR count). The van der Waals surface area contributed by atoms with Gasteiger partial charge >= 0.3 is 0 Å². The monoisotopic (exact) mass is 293 g/mol. The van der Waals surface area contributed by atoms with Crippen LogP contribution in [-0.4, -0.2) is 23.0 Å². The smallest absolute Gasteiger partial charge is 0.170 e. The van der Waals surface area contributed by atoms with Gasteiger partial charge in [0.1, 0.15) is 5.82 Å². The Bertz CT molecular complexity index is 598. The van der Waals surface area contributed by atoms with E-state index in [0.29, 0.717) is 12.1 Å². The summed E-state index contributed by atoms with van der Waals surface area (Å²) in [5.74, 6) is -0.487. The lowest BCUT2D eigenvalue weighted by Crippen LogP contribution is -2.18. The summed E-state index contributed by atoms with van der Waals surface area (Å²) in [4.78, 5) is 2.08. The minimum absolute atomic E-state index is 0.0914. The van der Waals surface area contributed by atoms with Crippen LogP contribution in [0.2, 0.25) is 0 Å². The normalized spacial score (nSPS) is 12.1. The molecule has 0 saturated heterocycles. The lowest BCUT2D eigenvalue weighted by molar-refractivity contribution is 0.317. The first-order valence-corrected chi connectivity index (χ1v) is 6.99. The molecule has 0 radical (unpaired) electrons. The number of halogens is 1. The van der Waals surface area contributed by atoms with Crippen LogP contribution in [0.4, 0.5) is 4.39 Å². The summed E-state index contributed by atoms with van der Waals surface area (Å²) in [5, 5.41) is 15.7. The third kappa shape index (κ3) is 3.79. The average molecular weight is 293 g/mol. The second-order valence-corrected chi connectivity index (χ2v) is 5.42. The van der Waals surface area contributed by atoms with Gasteiger partial charge in [-0.25, -0.2) is 4.39 Å². The Hall–Kier alpha value is -1.92. The number of hydrogen-bond acceptors (Lipinski definition) is 4. The molecular weight excluding hydrogens is 277 g/mol. The second kappa shape index (κ2) is 6.49. The van der Waals surface area contributed by atoms with Gasteiger partial charge in [-0.1, -0.05) is 5.16 Å². The second-order valence-electron chi connectivity index (χ2n) is 4.64. The van der Waals surface area contributed by atoms with Gasteiger partial charge in [0.15, 0.2) is 5.84 Å². The number of amidine groups is 1. The highest BCUT2D eigenvalue weighted by Crippen LogP contribution is 2.14. The van der Waals surface area contributed by atoms with Gasteiger partial charge in [-0.3, -0.25) is 4.90 Å². The molecule has 2 aromatic rings. The Balaban J connectivity index is 2.10. The van der Waals surface area contributed by atoms with Gasteiger partial charge in [0, 0.05) is 18.7 Å². The van der Waals surface area contributed by atoms with E-state index in [1.807, 2.05) is 12.4 Å². The summed E-state index contributed by atoms with van der Waals surface area (Å²) in [5.41, 5.74) is 7.88. The van der Waals surface area contributed by atoms with Gasteiger partial charge in [0.05, 0.1) is 0 Å². The fourth-order valence-corrected chi connectivity index (χ4v) is 2.67. The fourth-order valence-electron chi connectivity index (χ4n) is 2.01. The third-order valence-corrected chi connectivity index (χ3v) is 3.58. The van der Waals surface area contributed by atoms with E-state index < -0.39 is 5.82 Å². The zero-order chi connectivity index (χ0) is 14.5. The Morgan fingerprint density at radius 1 is 1.35 bits per heavy atom. The van der Waals surface area contributed by atoms with Crippen LogP contribution in [0.25, 0.3) is 0 Å². The van der Waals surface area contributed by atoms with E-state index in [-0.39, 0.29) is 5.84 Å². The Morgan fingerprint density at radius 2 is 2.10 bits per heavy atom. The van der Waals surface area contributed by atoms with Crippen LogP contribution in [0.1, 0.15) is 16.7 Å². The maximum Gasteiger partial charge on any atom is 0.170 e. The van der Waals surface area contributed by atoms with Crippen LogP contribution in [0.3, 0.4) is 0 Å². The van der Waals surface area contributed by atoms with E-state index in [9.17, 15) is 4.39 Å². The summed E-state index contributed by atoms with van der Waals surface area (Å²) >= 11 is 1.65. The lowest BCUT2D eigenvalue weighted by Gasteiger charge is -2.16. The molecule has 0 unspecified atom stereocenters. The van der Waals surface area contributed by atoms with Crippen LogP contribution in [0, 0.1) is 5.82 Å². The lowest BCUT2D eigenvalue weighted by atomic mass is 10.1. The molecule has 20 heavy (non-hydrogen) atoms. The van der Waals surface area contributed by atoms with E-state index in [4.69, 9.17) is 10.9 Å². The highest BCUT2D eigenvalue weighted by atomic mass is 32.1. The summed E-state index contributed by atoms with van der Waals surface area (Å²) in [7, 11) is 1.96. The van der Waals surface area contributed by atoms with Crippen LogP contribution in [-0.2, 0) is 13.1 Å². The van der Waals surface area contributed by atoms with Gasteiger partial charge in [-0.05, 0) is 53.2 Å². The molecule has 6 heteroatoms. The van der Waals surface area contributed by atoms with Crippen LogP contribution in [0.15, 0.2) is 40.2 Å². The Kier molecular flexibility index (Phi) is 4.70. The summed E-state index contributed by atoms with van der Waals surface area (Å²) in [6.07, 6.45) is 0. The Labute approximate surface area is 120 Å². The molecule has 3 N–H and O–H groups in total. The molecule has 0 bridgehead atoms. The van der Waals surface area contributed by atoms with Gasteiger partial charge in [-0.15, -0.1) is 0 Å². The number of nitrogens with zero attached hydrogens (tertiary/aromatic N) is 2. The molecule has 1 aromatic carbocycles. The van der Waals surface area contributed by atoms with Crippen LogP contribution < -0.4 is 5.73 Å². The minimum atomic E-state index is -0.395. The van der Waals surface area contributed by atoms with Gasteiger partial charge in [0.25, 0.3) is 0 Å². The molecular formula is C14H16FN3OS. The predicted molar refractivity (Wildman–Crippen MR) is 78.4 cm³/mol. The van der Waals surface area contributed by atoms with Crippen molar-refractivity contribution in [3.8, 4) is 0 Å². The maximum absolute atomic E-state index is 13.5. The van der Waals surface area contributed by atoms with Crippen LogP contribution in [0.5, 0.6) is 0 Å². The first-order chi connectivity index (χ1) is 9.58. The zero-order valence-corrected chi connectivity index (χ0v) is 11.9. The van der Waals surface area contributed by atoms with Crippen molar-refractivity contribution in [2.45, 2.75) is 13.1 Å². The van der Waals surface area contributed by atoms with E-state index in [1.165, 1.54) is 17.7 Å². The van der Waals surface area contributed by atoms with E-state index in [2.05, 4.69) is 21.5 Å². The molecule has 0 fully saturated rings. The molecule has 0 spiro atoms. The quantitative estimate of drug-likeness (QED) is 0.385. The third-order valence-electron chi connectivity index (χ3n) is 2.85. The van der Waals surface area contributed by atoms with Crippen molar-refractivity contribution in [3.05, 3.63) is 57.5 Å². The molecule has 4 nitrogen and oxygen atoms in total. The molecule has 0 aliphatic carbocycles. The van der Waals surface area contributed by atoms with Crippen molar-refractivity contribution in [3.63, 3.8) is 0 Å². The summed E-state index contributed by atoms with van der Waals surface area (Å²) in [6.45, 7) is 1.37. The van der Waals surface area contributed by atoms with Crippen molar-refractivity contribution in [2.24, 2.45) is 10.9 Å². The fraction of sp³-hybridized carbons (Fsp3) is 0.214. The molecule has 0 atom stereocenters. The van der Waals surface area contributed by atoms with Gasteiger partial charge < -0.3 is 10.9 Å². The molecule has 0 aliphatic heterocycles. The SMILES string of the molecule is CN(Cc1ccsc1)Cc1cc(F)cc(/C(N)=N/O)c1. The number of rotatable bonds is 5. The van der Waals surface area contributed by atoms with Gasteiger partial charge in [-0.2, -0.15) is 11.3 Å². The number of hydrogen-bond donors (Lipinski definition) is 2. The van der Waals surface area contributed by atoms with E-state index in [1.54, 1.807) is 17.4 Å². The zero-order valence-electron chi connectivity index (χ0n) is 11.1. The topological polar surface area (TPSA) is 61.8 Å².